The van der Waals surface area contributed by atoms with E-state index in [2.05, 4.69) is 4.74 Å². The minimum absolute atomic E-state index is 0.0998. The van der Waals surface area contributed by atoms with Crippen LogP contribution in [-0.2, 0) is 23.8 Å². The van der Waals surface area contributed by atoms with Crippen LogP contribution in [0.2, 0.25) is 0 Å². The lowest BCUT2D eigenvalue weighted by atomic mass is 10.0. The highest BCUT2D eigenvalue weighted by Gasteiger charge is 2.31. The SMILES string of the molecule is COCOC(CC(O)C(O)COS(=O)(=O)c1ccc(C)cc1)c1ccc(OC(F)(F)F)cc1. The first-order valence-corrected chi connectivity index (χ1v) is 11.1. The Morgan fingerprint density at radius 2 is 1.58 bits per heavy atom. The molecular formula is C21H25F3O8S. The molecule has 2 N–H and O–H groups in total. The summed E-state index contributed by atoms with van der Waals surface area (Å²) >= 11 is 0. The van der Waals surface area contributed by atoms with E-state index in [1.807, 2.05) is 0 Å². The van der Waals surface area contributed by atoms with Crippen molar-refractivity contribution in [3.05, 3.63) is 59.7 Å². The molecule has 2 rings (SSSR count). The first-order chi connectivity index (χ1) is 15.4. The molecule has 0 fully saturated rings. The van der Waals surface area contributed by atoms with Crippen LogP contribution in [0.4, 0.5) is 13.2 Å². The van der Waals surface area contributed by atoms with Gasteiger partial charge in [-0.15, -0.1) is 13.2 Å². The highest BCUT2D eigenvalue weighted by Crippen LogP contribution is 2.28. The zero-order chi connectivity index (χ0) is 24.6. The van der Waals surface area contributed by atoms with Crippen LogP contribution in [-0.4, -0.2) is 57.7 Å². The van der Waals surface area contributed by atoms with Crippen LogP contribution < -0.4 is 4.74 Å². The Balaban J connectivity index is 2.01. The minimum atomic E-state index is -4.84. The molecule has 0 aromatic heterocycles. The number of aryl methyl sites for hydroxylation is 1. The van der Waals surface area contributed by atoms with E-state index < -0.39 is 47.1 Å². The second-order valence-electron chi connectivity index (χ2n) is 7.10. The van der Waals surface area contributed by atoms with Gasteiger partial charge in [0.1, 0.15) is 18.6 Å². The second-order valence-corrected chi connectivity index (χ2v) is 8.72. The van der Waals surface area contributed by atoms with Gasteiger partial charge < -0.3 is 24.4 Å². The van der Waals surface area contributed by atoms with Crippen molar-refractivity contribution in [3.8, 4) is 5.75 Å². The van der Waals surface area contributed by atoms with Gasteiger partial charge in [-0.05, 0) is 36.8 Å². The van der Waals surface area contributed by atoms with Crippen molar-refractivity contribution in [2.45, 2.75) is 42.9 Å². The van der Waals surface area contributed by atoms with E-state index in [0.717, 1.165) is 17.7 Å². The Hall–Kier alpha value is -2.22. The maximum atomic E-state index is 12.3. The quantitative estimate of drug-likeness (QED) is 0.342. The fourth-order valence-electron chi connectivity index (χ4n) is 2.75. The van der Waals surface area contributed by atoms with Gasteiger partial charge in [-0.25, -0.2) is 0 Å². The molecule has 0 radical (unpaired) electrons. The number of halogens is 3. The third-order valence-corrected chi connectivity index (χ3v) is 5.77. The number of benzene rings is 2. The number of aliphatic hydroxyl groups is 2. The third kappa shape index (κ3) is 8.91. The van der Waals surface area contributed by atoms with Crippen molar-refractivity contribution in [1.82, 2.24) is 0 Å². The fraction of sp³-hybridized carbons (Fsp3) is 0.429. The van der Waals surface area contributed by atoms with Crippen molar-refractivity contribution in [3.63, 3.8) is 0 Å². The Morgan fingerprint density at radius 3 is 2.12 bits per heavy atom. The topological polar surface area (TPSA) is 112 Å². The number of ether oxygens (including phenoxy) is 3. The lowest BCUT2D eigenvalue weighted by molar-refractivity contribution is -0.274. The summed E-state index contributed by atoms with van der Waals surface area (Å²) in [6.07, 6.45) is -9.02. The summed E-state index contributed by atoms with van der Waals surface area (Å²) in [6, 6.07) is 10.6. The summed E-state index contributed by atoms with van der Waals surface area (Å²) in [5.41, 5.74) is 1.23. The van der Waals surface area contributed by atoms with Gasteiger partial charge in [-0.2, -0.15) is 8.42 Å². The summed E-state index contributed by atoms with van der Waals surface area (Å²) in [6.45, 7) is 0.871. The summed E-state index contributed by atoms with van der Waals surface area (Å²) in [5.74, 6) is -0.438. The van der Waals surface area contributed by atoms with Crippen LogP contribution in [0, 0.1) is 6.92 Å². The van der Waals surface area contributed by atoms with Gasteiger partial charge in [0.2, 0.25) is 0 Å². The molecule has 33 heavy (non-hydrogen) atoms. The molecule has 8 nitrogen and oxygen atoms in total. The molecule has 2 aromatic rings. The number of methoxy groups -OCH3 is 1. The van der Waals surface area contributed by atoms with Crippen molar-refractivity contribution in [2.24, 2.45) is 0 Å². The van der Waals surface area contributed by atoms with Gasteiger partial charge in [0.05, 0.1) is 23.7 Å². The second kappa shape index (κ2) is 11.8. The molecule has 0 bridgehead atoms. The summed E-state index contributed by atoms with van der Waals surface area (Å²) in [4.78, 5) is -0.0998. The molecule has 0 amide bonds. The monoisotopic (exact) mass is 494 g/mol. The first kappa shape index (κ1) is 27.0. The van der Waals surface area contributed by atoms with Crippen molar-refractivity contribution in [2.75, 3.05) is 20.5 Å². The van der Waals surface area contributed by atoms with Crippen LogP contribution in [0.3, 0.4) is 0 Å². The van der Waals surface area contributed by atoms with Crippen LogP contribution in [0.15, 0.2) is 53.4 Å². The molecule has 0 spiro atoms. The molecule has 0 aliphatic rings. The van der Waals surface area contributed by atoms with Crippen LogP contribution in [0.1, 0.15) is 23.7 Å². The number of alkyl halides is 3. The van der Waals surface area contributed by atoms with E-state index in [1.165, 1.54) is 31.4 Å². The average Bonchev–Trinajstić information content (AvgIpc) is 2.74. The molecule has 0 saturated heterocycles. The van der Waals surface area contributed by atoms with Crippen LogP contribution >= 0.6 is 0 Å². The molecule has 12 heteroatoms. The van der Waals surface area contributed by atoms with Gasteiger partial charge in [-0.3, -0.25) is 4.18 Å². The van der Waals surface area contributed by atoms with Gasteiger partial charge in [-0.1, -0.05) is 29.8 Å². The number of rotatable bonds is 12. The standard InChI is InChI=1S/C21H25F3O8S/c1-14-3-9-17(10-4-14)33(27,28)31-12-19(26)18(25)11-20(30-13-29-2)15-5-7-16(8-6-15)32-21(22,23)24/h3-10,18-20,25-26H,11-13H2,1-2H3. The van der Waals surface area contributed by atoms with E-state index in [4.69, 9.17) is 13.7 Å². The maximum absolute atomic E-state index is 12.3. The molecular weight excluding hydrogens is 469 g/mol. The van der Waals surface area contributed by atoms with E-state index in [1.54, 1.807) is 19.1 Å². The lowest BCUT2D eigenvalue weighted by Gasteiger charge is -2.24. The zero-order valence-electron chi connectivity index (χ0n) is 17.9. The number of hydrogen-bond donors (Lipinski definition) is 2. The van der Waals surface area contributed by atoms with Crippen molar-refractivity contribution >= 4 is 10.1 Å². The fourth-order valence-corrected chi connectivity index (χ4v) is 3.68. The maximum Gasteiger partial charge on any atom is 0.573 e. The largest absolute Gasteiger partial charge is 0.573 e. The van der Waals surface area contributed by atoms with E-state index in [9.17, 15) is 31.8 Å². The molecule has 2 aromatic carbocycles. The molecule has 184 valence electrons. The van der Waals surface area contributed by atoms with Gasteiger partial charge in [0.25, 0.3) is 10.1 Å². The summed E-state index contributed by atoms with van der Waals surface area (Å²) in [5, 5.41) is 20.5. The Bertz CT molecular complexity index is 962. The van der Waals surface area contributed by atoms with E-state index in [-0.39, 0.29) is 18.1 Å². The third-order valence-electron chi connectivity index (χ3n) is 4.48. The summed E-state index contributed by atoms with van der Waals surface area (Å²) < 4.78 is 80.4. The normalized spacial score (nSPS) is 15.1. The molecule has 3 atom stereocenters. The Kier molecular flexibility index (Phi) is 9.64. The predicted octanol–water partition coefficient (Wildman–Crippen LogP) is 3.07. The molecule has 3 unspecified atom stereocenters. The van der Waals surface area contributed by atoms with Gasteiger partial charge in [0, 0.05) is 13.5 Å². The smallest absolute Gasteiger partial charge is 0.406 e. The minimum Gasteiger partial charge on any atom is -0.406 e. The summed E-state index contributed by atoms with van der Waals surface area (Å²) in [7, 11) is -2.79. The predicted molar refractivity (Wildman–Crippen MR) is 110 cm³/mol. The van der Waals surface area contributed by atoms with Crippen LogP contribution in [0.5, 0.6) is 5.75 Å². The number of aliphatic hydroxyl groups excluding tert-OH is 2. The molecule has 0 heterocycles. The highest BCUT2D eigenvalue weighted by atomic mass is 32.2. The van der Waals surface area contributed by atoms with Crippen molar-refractivity contribution in [1.29, 1.82) is 0 Å². The van der Waals surface area contributed by atoms with Crippen molar-refractivity contribution < 1.29 is 50.2 Å². The molecule has 0 aliphatic carbocycles. The molecule has 0 aliphatic heterocycles. The van der Waals surface area contributed by atoms with Gasteiger partial charge >= 0.3 is 6.36 Å². The molecule has 0 saturated carbocycles. The average molecular weight is 494 g/mol. The zero-order valence-corrected chi connectivity index (χ0v) is 18.7. The Labute approximate surface area is 189 Å². The first-order valence-electron chi connectivity index (χ1n) is 9.70. The Morgan fingerprint density at radius 1 is 0.970 bits per heavy atom. The van der Waals surface area contributed by atoms with E-state index >= 15 is 0 Å². The lowest BCUT2D eigenvalue weighted by Crippen LogP contribution is -2.33. The van der Waals surface area contributed by atoms with E-state index in [0.29, 0.717) is 5.56 Å². The van der Waals surface area contributed by atoms with Gasteiger partial charge in [0.15, 0.2) is 0 Å². The highest BCUT2D eigenvalue weighted by molar-refractivity contribution is 7.86. The number of hydrogen-bond acceptors (Lipinski definition) is 8. The van der Waals surface area contributed by atoms with Crippen LogP contribution in [0.25, 0.3) is 0 Å².